The monoisotopic (exact) mass is 178 g/mol. The lowest BCUT2D eigenvalue weighted by Gasteiger charge is -1.97. The van der Waals surface area contributed by atoms with Gasteiger partial charge in [0.1, 0.15) is 11.7 Å². The molecule has 68 valence electrons. The summed E-state index contributed by atoms with van der Waals surface area (Å²) < 4.78 is 5.26. The Balaban J connectivity index is 2.74. The van der Waals surface area contributed by atoms with Gasteiger partial charge in [-0.05, 0) is 19.1 Å². The fraction of sp³-hybridized carbons (Fsp3) is 0.200. The van der Waals surface area contributed by atoms with Gasteiger partial charge in [-0.25, -0.2) is 0 Å². The predicted molar refractivity (Wildman–Crippen MR) is 48.5 cm³/mol. The van der Waals surface area contributed by atoms with Crippen molar-refractivity contribution in [3.8, 4) is 5.75 Å². The third kappa shape index (κ3) is 1.17. The lowest BCUT2D eigenvalue weighted by atomic mass is 10.2. The maximum Gasteiger partial charge on any atom is 0.175 e. The van der Waals surface area contributed by atoms with Crippen LogP contribution >= 0.6 is 0 Å². The summed E-state index contributed by atoms with van der Waals surface area (Å²) in [4.78, 5) is 0. The second-order valence-electron chi connectivity index (χ2n) is 2.99. The molecule has 2 aromatic rings. The van der Waals surface area contributed by atoms with Gasteiger partial charge >= 0.3 is 0 Å². The maximum atomic E-state index is 9.61. The van der Waals surface area contributed by atoms with Crippen LogP contribution in [-0.2, 0) is 0 Å². The molecule has 1 atom stereocenters. The third-order valence-electron chi connectivity index (χ3n) is 1.97. The van der Waals surface area contributed by atoms with E-state index in [1.165, 1.54) is 0 Å². The zero-order valence-electron chi connectivity index (χ0n) is 7.19. The Kier molecular flexibility index (Phi) is 1.74. The summed E-state index contributed by atoms with van der Waals surface area (Å²) >= 11 is 0. The van der Waals surface area contributed by atoms with E-state index >= 15 is 0 Å². The Morgan fingerprint density at radius 2 is 2.00 bits per heavy atom. The van der Waals surface area contributed by atoms with Crippen LogP contribution in [-0.4, -0.2) is 10.2 Å². The van der Waals surface area contributed by atoms with Crippen LogP contribution in [0.3, 0.4) is 0 Å². The Morgan fingerprint density at radius 3 is 2.62 bits per heavy atom. The van der Waals surface area contributed by atoms with Crippen molar-refractivity contribution in [3.63, 3.8) is 0 Å². The smallest absolute Gasteiger partial charge is 0.175 e. The average Bonchev–Trinajstić information content (AvgIpc) is 2.45. The van der Waals surface area contributed by atoms with Gasteiger partial charge in [-0.1, -0.05) is 12.1 Å². The highest BCUT2D eigenvalue weighted by Gasteiger charge is 2.16. The van der Waals surface area contributed by atoms with Crippen LogP contribution in [0.1, 0.15) is 18.8 Å². The SMILES string of the molecule is CC(O)c1oc2ccccc2c1O. The van der Waals surface area contributed by atoms with Gasteiger partial charge in [0, 0.05) is 0 Å². The van der Waals surface area contributed by atoms with E-state index < -0.39 is 6.10 Å². The first-order valence-corrected chi connectivity index (χ1v) is 4.08. The summed E-state index contributed by atoms with van der Waals surface area (Å²) in [6, 6.07) is 7.13. The molecule has 0 fully saturated rings. The Bertz CT molecular complexity index is 429. The largest absolute Gasteiger partial charge is 0.504 e. The molecule has 3 nitrogen and oxygen atoms in total. The topological polar surface area (TPSA) is 53.6 Å². The number of fused-ring (bicyclic) bond motifs is 1. The van der Waals surface area contributed by atoms with Crippen LogP contribution in [0, 0.1) is 0 Å². The fourth-order valence-electron chi connectivity index (χ4n) is 1.33. The van der Waals surface area contributed by atoms with Gasteiger partial charge in [0.25, 0.3) is 0 Å². The number of para-hydroxylation sites is 1. The molecule has 0 aliphatic carbocycles. The number of benzene rings is 1. The van der Waals surface area contributed by atoms with Crippen molar-refractivity contribution < 1.29 is 14.6 Å². The van der Waals surface area contributed by atoms with Gasteiger partial charge in [-0.15, -0.1) is 0 Å². The molecule has 1 unspecified atom stereocenters. The highest BCUT2D eigenvalue weighted by molar-refractivity contribution is 5.85. The number of aliphatic hydroxyl groups is 1. The molecule has 13 heavy (non-hydrogen) atoms. The Hall–Kier alpha value is -1.48. The molecule has 0 amide bonds. The number of rotatable bonds is 1. The third-order valence-corrected chi connectivity index (χ3v) is 1.97. The standard InChI is InChI=1S/C10H10O3/c1-6(11)10-9(12)7-4-2-3-5-8(7)13-10/h2-6,11-12H,1H3. The first-order chi connectivity index (χ1) is 6.20. The zero-order chi connectivity index (χ0) is 9.42. The molecular weight excluding hydrogens is 168 g/mol. The molecular formula is C10H10O3. The normalized spacial score (nSPS) is 13.4. The maximum absolute atomic E-state index is 9.61. The van der Waals surface area contributed by atoms with Crippen molar-refractivity contribution in [2.24, 2.45) is 0 Å². The molecule has 1 aromatic carbocycles. The van der Waals surface area contributed by atoms with Crippen LogP contribution in [0.5, 0.6) is 5.75 Å². The molecule has 0 saturated heterocycles. The van der Waals surface area contributed by atoms with E-state index in [0.717, 1.165) is 0 Å². The molecule has 3 heteroatoms. The summed E-state index contributed by atoms with van der Waals surface area (Å²) in [6.07, 6.45) is -0.785. The van der Waals surface area contributed by atoms with Crippen LogP contribution in [0.25, 0.3) is 11.0 Å². The fourth-order valence-corrected chi connectivity index (χ4v) is 1.33. The summed E-state index contributed by atoms with van der Waals surface area (Å²) in [5.41, 5.74) is 0.593. The number of aromatic hydroxyl groups is 1. The molecule has 2 rings (SSSR count). The number of hydrogen-bond acceptors (Lipinski definition) is 3. The first-order valence-electron chi connectivity index (χ1n) is 4.08. The molecule has 0 spiro atoms. The summed E-state index contributed by atoms with van der Waals surface area (Å²) in [5.74, 6) is 0.256. The Labute approximate surface area is 75.2 Å². The zero-order valence-corrected chi connectivity index (χ0v) is 7.19. The van der Waals surface area contributed by atoms with Crippen molar-refractivity contribution in [1.82, 2.24) is 0 Å². The predicted octanol–water partition coefficient (Wildman–Crippen LogP) is 2.19. The van der Waals surface area contributed by atoms with E-state index in [1.54, 1.807) is 19.1 Å². The highest BCUT2D eigenvalue weighted by atomic mass is 16.4. The van der Waals surface area contributed by atoms with E-state index in [1.807, 2.05) is 12.1 Å². The van der Waals surface area contributed by atoms with Crippen molar-refractivity contribution >= 4 is 11.0 Å². The molecule has 1 heterocycles. The molecule has 0 saturated carbocycles. The average molecular weight is 178 g/mol. The van der Waals surface area contributed by atoms with Crippen molar-refractivity contribution in [1.29, 1.82) is 0 Å². The van der Waals surface area contributed by atoms with Crippen LogP contribution in [0.2, 0.25) is 0 Å². The van der Waals surface area contributed by atoms with Crippen LogP contribution in [0.15, 0.2) is 28.7 Å². The highest BCUT2D eigenvalue weighted by Crippen LogP contribution is 2.35. The molecule has 0 aliphatic rings. The van der Waals surface area contributed by atoms with E-state index in [0.29, 0.717) is 11.0 Å². The molecule has 0 aliphatic heterocycles. The lowest BCUT2D eigenvalue weighted by Crippen LogP contribution is -1.86. The van der Waals surface area contributed by atoms with Crippen LogP contribution in [0.4, 0.5) is 0 Å². The van der Waals surface area contributed by atoms with Crippen molar-refractivity contribution in [2.45, 2.75) is 13.0 Å². The minimum Gasteiger partial charge on any atom is -0.504 e. The molecule has 0 radical (unpaired) electrons. The number of aliphatic hydroxyl groups excluding tert-OH is 1. The Morgan fingerprint density at radius 1 is 1.31 bits per heavy atom. The minimum absolute atomic E-state index is 0.0330. The van der Waals surface area contributed by atoms with E-state index in [-0.39, 0.29) is 11.5 Å². The second-order valence-corrected chi connectivity index (χ2v) is 2.99. The summed E-state index contributed by atoms with van der Waals surface area (Å²) in [5, 5.41) is 19.5. The van der Waals surface area contributed by atoms with Gasteiger partial charge in [0.2, 0.25) is 0 Å². The van der Waals surface area contributed by atoms with Crippen molar-refractivity contribution in [3.05, 3.63) is 30.0 Å². The van der Waals surface area contributed by atoms with E-state index in [2.05, 4.69) is 0 Å². The van der Waals surface area contributed by atoms with Gasteiger partial charge in [0.15, 0.2) is 11.5 Å². The number of hydrogen-bond donors (Lipinski definition) is 2. The van der Waals surface area contributed by atoms with Crippen LogP contribution < -0.4 is 0 Å². The molecule has 0 bridgehead atoms. The van der Waals surface area contributed by atoms with Gasteiger partial charge < -0.3 is 14.6 Å². The summed E-state index contributed by atoms with van der Waals surface area (Å²) in [7, 11) is 0. The van der Waals surface area contributed by atoms with E-state index in [9.17, 15) is 10.2 Å². The second kappa shape index (κ2) is 2.78. The number of furan rings is 1. The molecule has 1 aromatic heterocycles. The first kappa shape index (κ1) is 8.13. The lowest BCUT2D eigenvalue weighted by molar-refractivity contribution is 0.167. The minimum atomic E-state index is -0.785. The van der Waals surface area contributed by atoms with Gasteiger partial charge in [0.05, 0.1) is 5.39 Å². The van der Waals surface area contributed by atoms with Gasteiger partial charge in [-0.3, -0.25) is 0 Å². The van der Waals surface area contributed by atoms with E-state index in [4.69, 9.17) is 4.42 Å². The summed E-state index contributed by atoms with van der Waals surface area (Å²) in [6.45, 7) is 1.55. The quantitative estimate of drug-likeness (QED) is 0.703. The van der Waals surface area contributed by atoms with Crippen molar-refractivity contribution in [2.75, 3.05) is 0 Å². The molecule has 2 N–H and O–H groups in total. The van der Waals surface area contributed by atoms with Gasteiger partial charge in [-0.2, -0.15) is 0 Å².